The average molecular weight is 231 g/mol. The number of alkyl halides is 1. The number of sulfone groups is 1. The van der Waals surface area contributed by atoms with Crippen molar-refractivity contribution >= 4 is 21.4 Å². The summed E-state index contributed by atoms with van der Waals surface area (Å²) < 4.78 is 23.0. The Balaban J connectivity index is 2.32. The molecule has 0 radical (unpaired) electrons. The summed E-state index contributed by atoms with van der Waals surface area (Å²) in [7, 11) is -3.31. The second-order valence-electron chi connectivity index (χ2n) is 3.55. The van der Waals surface area contributed by atoms with Gasteiger partial charge in [-0.25, -0.2) is 8.42 Å². The monoisotopic (exact) mass is 230 g/mol. The third kappa shape index (κ3) is 1.79. The lowest BCUT2D eigenvalue weighted by Crippen LogP contribution is -2.17. The van der Waals surface area contributed by atoms with E-state index in [1.165, 1.54) is 0 Å². The van der Waals surface area contributed by atoms with E-state index in [1.807, 2.05) is 0 Å². The van der Waals surface area contributed by atoms with Crippen molar-refractivity contribution in [2.75, 3.05) is 0 Å². The van der Waals surface area contributed by atoms with Crippen molar-refractivity contribution in [1.82, 2.24) is 0 Å². The fourth-order valence-corrected chi connectivity index (χ4v) is 3.49. The van der Waals surface area contributed by atoms with Crippen LogP contribution in [0.4, 0.5) is 0 Å². The number of hydrogen-bond acceptors (Lipinski definition) is 2. The second kappa shape index (κ2) is 3.55. The molecule has 1 atom stereocenters. The predicted octanol–water partition coefficient (Wildman–Crippen LogP) is 2.44. The van der Waals surface area contributed by atoms with Crippen molar-refractivity contribution in [2.24, 2.45) is 5.92 Å². The largest absolute Gasteiger partial charge is 0.222 e. The van der Waals surface area contributed by atoms with Crippen molar-refractivity contribution in [2.45, 2.75) is 22.4 Å². The Labute approximate surface area is 88.8 Å². The molecule has 0 aromatic heterocycles. The van der Waals surface area contributed by atoms with Crippen molar-refractivity contribution in [3.8, 4) is 0 Å². The zero-order valence-electron chi connectivity index (χ0n) is 7.56. The molecule has 4 heteroatoms. The molecule has 2 nitrogen and oxygen atoms in total. The zero-order valence-corrected chi connectivity index (χ0v) is 9.13. The lowest BCUT2D eigenvalue weighted by molar-refractivity contribution is 0.587. The smallest absolute Gasteiger partial charge is 0.195 e. The van der Waals surface area contributed by atoms with Gasteiger partial charge in [0.25, 0.3) is 0 Å². The molecule has 0 amide bonds. The normalized spacial score (nSPS) is 19.2. The number of halogens is 1. The van der Waals surface area contributed by atoms with E-state index in [0.717, 1.165) is 12.8 Å². The van der Waals surface area contributed by atoms with Crippen molar-refractivity contribution < 1.29 is 8.42 Å². The Morgan fingerprint density at radius 1 is 1.21 bits per heavy atom. The number of hydrogen-bond donors (Lipinski definition) is 0. The first-order valence-corrected chi connectivity index (χ1v) is 6.53. The first kappa shape index (κ1) is 9.99. The predicted molar refractivity (Wildman–Crippen MR) is 56.0 cm³/mol. The molecule has 0 saturated heterocycles. The average Bonchev–Trinajstić information content (AvgIpc) is 3.01. The maximum absolute atomic E-state index is 11.9. The van der Waals surface area contributed by atoms with Crippen LogP contribution in [0.2, 0.25) is 0 Å². The Morgan fingerprint density at radius 2 is 1.79 bits per heavy atom. The van der Waals surface area contributed by atoms with Crippen molar-refractivity contribution in [3.63, 3.8) is 0 Å². The Morgan fingerprint density at radius 3 is 2.29 bits per heavy atom. The van der Waals surface area contributed by atoms with E-state index in [1.54, 1.807) is 30.3 Å². The van der Waals surface area contributed by atoms with Crippen molar-refractivity contribution in [1.29, 1.82) is 0 Å². The first-order chi connectivity index (χ1) is 6.62. The van der Waals surface area contributed by atoms with Gasteiger partial charge in [-0.3, -0.25) is 0 Å². The summed E-state index contributed by atoms with van der Waals surface area (Å²) in [5.41, 5.74) is 0. The van der Waals surface area contributed by atoms with Crippen LogP contribution < -0.4 is 0 Å². The summed E-state index contributed by atoms with van der Waals surface area (Å²) in [6.07, 6.45) is 1.86. The second-order valence-corrected chi connectivity index (χ2v) is 6.34. The topological polar surface area (TPSA) is 34.1 Å². The van der Waals surface area contributed by atoms with Gasteiger partial charge in [-0.05, 0) is 30.9 Å². The fourth-order valence-electron chi connectivity index (χ4n) is 1.35. The highest BCUT2D eigenvalue weighted by molar-refractivity contribution is 7.93. The molecular formula is C10H11ClO2S. The van der Waals surface area contributed by atoms with Crippen LogP contribution in [0, 0.1) is 5.92 Å². The maximum Gasteiger partial charge on any atom is 0.195 e. The summed E-state index contributed by atoms with van der Waals surface area (Å²) in [5, 5.41) is 0. The number of benzene rings is 1. The van der Waals surface area contributed by atoms with Crippen LogP contribution in [-0.2, 0) is 9.84 Å². The Hall–Kier alpha value is -0.540. The highest BCUT2D eigenvalue weighted by atomic mass is 35.5. The lowest BCUT2D eigenvalue weighted by Gasteiger charge is -2.09. The van der Waals surface area contributed by atoms with E-state index in [4.69, 9.17) is 11.6 Å². The number of rotatable bonds is 3. The third-order valence-corrected chi connectivity index (χ3v) is 5.33. The molecule has 1 saturated carbocycles. The van der Waals surface area contributed by atoms with Crippen LogP contribution in [0.5, 0.6) is 0 Å². The van der Waals surface area contributed by atoms with Crippen molar-refractivity contribution in [3.05, 3.63) is 30.3 Å². The molecule has 76 valence electrons. The Kier molecular flexibility index (Phi) is 2.54. The van der Waals surface area contributed by atoms with E-state index in [2.05, 4.69) is 0 Å². The third-order valence-electron chi connectivity index (χ3n) is 2.36. The molecule has 0 aliphatic heterocycles. The molecule has 1 aromatic carbocycles. The van der Waals surface area contributed by atoms with Gasteiger partial charge in [-0.2, -0.15) is 0 Å². The summed E-state index contributed by atoms with van der Waals surface area (Å²) in [6.45, 7) is 0. The van der Waals surface area contributed by atoms with Gasteiger partial charge in [0.2, 0.25) is 0 Å². The fraction of sp³-hybridized carbons (Fsp3) is 0.400. The molecule has 0 heterocycles. The van der Waals surface area contributed by atoms with Crippen LogP contribution in [0.1, 0.15) is 12.8 Å². The molecule has 1 fully saturated rings. The van der Waals surface area contributed by atoms with Gasteiger partial charge in [0.15, 0.2) is 9.84 Å². The molecule has 1 unspecified atom stereocenters. The van der Waals surface area contributed by atoms with Gasteiger partial charge >= 0.3 is 0 Å². The lowest BCUT2D eigenvalue weighted by atomic mass is 10.4. The van der Waals surface area contributed by atoms with E-state index in [0.29, 0.717) is 4.90 Å². The summed E-state index contributed by atoms with van der Waals surface area (Å²) in [4.78, 5) is 0.326. The highest BCUT2D eigenvalue weighted by Crippen LogP contribution is 2.40. The van der Waals surface area contributed by atoms with Gasteiger partial charge in [0.05, 0.1) is 4.90 Å². The molecule has 2 rings (SSSR count). The highest BCUT2D eigenvalue weighted by Gasteiger charge is 2.39. The Bertz CT molecular complexity index is 409. The molecule has 0 spiro atoms. The van der Waals surface area contributed by atoms with Crippen LogP contribution in [-0.4, -0.2) is 13.1 Å². The van der Waals surface area contributed by atoms with E-state index >= 15 is 0 Å². The van der Waals surface area contributed by atoms with Crippen LogP contribution in [0.25, 0.3) is 0 Å². The summed E-state index contributed by atoms with van der Waals surface area (Å²) >= 11 is 5.92. The zero-order chi connectivity index (χ0) is 10.2. The molecule has 1 aliphatic rings. The van der Waals surface area contributed by atoms with Gasteiger partial charge in [0, 0.05) is 0 Å². The quantitative estimate of drug-likeness (QED) is 0.748. The van der Waals surface area contributed by atoms with Gasteiger partial charge in [0.1, 0.15) is 4.71 Å². The standard InChI is InChI=1S/C10H11ClO2S/c11-10(8-6-7-8)14(12,13)9-4-2-1-3-5-9/h1-5,8,10H,6-7H2. The van der Waals surface area contributed by atoms with Crippen LogP contribution >= 0.6 is 11.6 Å². The molecular weight excluding hydrogens is 220 g/mol. The van der Waals surface area contributed by atoms with Gasteiger partial charge < -0.3 is 0 Å². The molecule has 1 aliphatic carbocycles. The minimum Gasteiger partial charge on any atom is -0.222 e. The summed E-state index contributed by atoms with van der Waals surface area (Å²) in [6, 6.07) is 8.40. The minimum absolute atomic E-state index is 0.155. The minimum atomic E-state index is -3.31. The van der Waals surface area contributed by atoms with Crippen LogP contribution in [0.15, 0.2) is 35.2 Å². The molecule has 14 heavy (non-hydrogen) atoms. The van der Waals surface area contributed by atoms with E-state index in [-0.39, 0.29) is 5.92 Å². The molecule has 1 aromatic rings. The summed E-state index contributed by atoms with van der Waals surface area (Å²) in [5.74, 6) is 0.155. The van der Waals surface area contributed by atoms with Gasteiger partial charge in [-0.1, -0.05) is 18.2 Å². The maximum atomic E-state index is 11.9. The van der Waals surface area contributed by atoms with E-state index < -0.39 is 14.5 Å². The molecule has 0 bridgehead atoms. The SMILES string of the molecule is O=S(=O)(c1ccccc1)C(Cl)C1CC1. The molecule has 0 N–H and O–H groups in total. The first-order valence-electron chi connectivity index (χ1n) is 4.55. The van der Waals surface area contributed by atoms with Gasteiger partial charge in [-0.15, -0.1) is 11.6 Å². The van der Waals surface area contributed by atoms with Crippen LogP contribution in [0.3, 0.4) is 0 Å². The van der Waals surface area contributed by atoms with E-state index in [9.17, 15) is 8.42 Å².